The number of carbonyl (C=O) groups excluding carboxylic acids is 4. The third-order valence-electron chi connectivity index (χ3n) is 3.52. The Kier molecular flexibility index (Phi) is 8.18. The van der Waals surface area contributed by atoms with E-state index in [0.717, 1.165) is 0 Å². The third-order valence-corrected chi connectivity index (χ3v) is 3.52. The lowest BCUT2D eigenvalue weighted by Gasteiger charge is -2.15. The highest BCUT2D eigenvalue weighted by Crippen LogP contribution is 2.16. The SMILES string of the molecule is Nc1ccc(OC(C=O)OC(=O)CCC(=O)OC(C=O)Oc2ccc(N)cc2)cc1. The maximum absolute atomic E-state index is 11.8. The average Bonchev–Trinajstić information content (AvgIpc) is 2.74. The first-order valence-electron chi connectivity index (χ1n) is 8.73. The summed E-state index contributed by atoms with van der Waals surface area (Å²) in [6, 6.07) is 12.2. The van der Waals surface area contributed by atoms with Crippen molar-refractivity contribution in [2.75, 3.05) is 11.5 Å². The molecule has 0 saturated carbocycles. The van der Waals surface area contributed by atoms with Crippen LogP contribution in [0.3, 0.4) is 0 Å². The first kappa shape index (κ1) is 22.2. The van der Waals surface area contributed by atoms with Gasteiger partial charge in [-0.05, 0) is 48.5 Å². The van der Waals surface area contributed by atoms with Crippen LogP contribution in [0, 0.1) is 0 Å². The van der Waals surface area contributed by atoms with Gasteiger partial charge in [0.1, 0.15) is 11.5 Å². The number of esters is 2. The second-order valence-corrected chi connectivity index (χ2v) is 5.86. The maximum atomic E-state index is 11.8. The second-order valence-electron chi connectivity index (χ2n) is 5.86. The minimum Gasteiger partial charge on any atom is -0.448 e. The molecular formula is C20H20N2O8. The fraction of sp³-hybridized carbons (Fsp3) is 0.200. The molecule has 4 N–H and O–H groups in total. The van der Waals surface area contributed by atoms with Crippen molar-refractivity contribution in [3.63, 3.8) is 0 Å². The van der Waals surface area contributed by atoms with Gasteiger partial charge < -0.3 is 30.4 Å². The van der Waals surface area contributed by atoms with E-state index in [1.54, 1.807) is 24.3 Å². The smallest absolute Gasteiger partial charge is 0.309 e. The van der Waals surface area contributed by atoms with Gasteiger partial charge in [-0.3, -0.25) is 19.2 Å². The van der Waals surface area contributed by atoms with Gasteiger partial charge in [-0.2, -0.15) is 0 Å². The summed E-state index contributed by atoms with van der Waals surface area (Å²) in [5, 5.41) is 0. The summed E-state index contributed by atoms with van der Waals surface area (Å²) in [5.41, 5.74) is 12.1. The molecule has 0 fully saturated rings. The van der Waals surface area contributed by atoms with Crippen LogP contribution >= 0.6 is 0 Å². The Bertz CT molecular complexity index is 794. The van der Waals surface area contributed by atoms with Gasteiger partial charge in [-0.15, -0.1) is 0 Å². The van der Waals surface area contributed by atoms with Gasteiger partial charge in [0.15, 0.2) is 0 Å². The predicted molar refractivity (Wildman–Crippen MR) is 104 cm³/mol. The molecule has 10 nitrogen and oxygen atoms in total. The van der Waals surface area contributed by atoms with Crippen LogP contribution in [-0.2, 0) is 28.7 Å². The molecule has 0 aromatic heterocycles. The van der Waals surface area contributed by atoms with Crippen molar-refractivity contribution in [1.82, 2.24) is 0 Å². The van der Waals surface area contributed by atoms with Gasteiger partial charge in [0.25, 0.3) is 12.6 Å². The highest BCUT2D eigenvalue weighted by molar-refractivity contribution is 5.79. The third kappa shape index (κ3) is 7.50. The average molecular weight is 416 g/mol. The lowest BCUT2D eigenvalue weighted by molar-refractivity contribution is -0.171. The van der Waals surface area contributed by atoms with Crippen molar-refractivity contribution in [2.45, 2.75) is 25.4 Å². The molecule has 0 spiro atoms. The van der Waals surface area contributed by atoms with E-state index in [1.807, 2.05) is 0 Å². The molecule has 2 rings (SSSR count). The van der Waals surface area contributed by atoms with Crippen LogP contribution in [0.25, 0.3) is 0 Å². The van der Waals surface area contributed by atoms with Crippen LogP contribution in [0.15, 0.2) is 48.5 Å². The monoisotopic (exact) mass is 416 g/mol. The minimum absolute atomic E-state index is 0.266. The van der Waals surface area contributed by atoms with Gasteiger partial charge in [0.05, 0.1) is 12.8 Å². The van der Waals surface area contributed by atoms with Crippen molar-refractivity contribution < 1.29 is 38.1 Å². The van der Waals surface area contributed by atoms with E-state index in [1.165, 1.54) is 24.3 Å². The Morgan fingerprint density at radius 3 is 1.33 bits per heavy atom. The number of rotatable bonds is 11. The molecule has 2 aromatic rings. The van der Waals surface area contributed by atoms with Crippen LogP contribution in [-0.4, -0.2) is 37.1 Å². The molecule has 2 atom stereocenters. The highest BCUT2D eigenvalue weighted by atomic mass is 16.7. The van der Waals surface area contributed by atoms with Crippen LogP contribution in [0.5, 0.6) is 11.5 Å². The number of carbonyl (C=O) groups is 4. The normalized spacial score (nSPS) is 12.1. The molecule has 2 aromatic carbocycles. The number of nitrogen functional groups attached to an aromatic ring is 2. The van der Waals surface area contributed by atoms with E-state index in [-0.39, 0.29) is 24.1 Å². The number of hydrogen-bond acceptors (Lipinski definition) is 10. The first-order valence-corrected chi connectivity index (χ1v) is 8.73. The van der Waals surface area contributed by atoms with Gasteiger partial charge in [0, 0.05) is 11.4 Å². The quantitative estimate of drug-likeness (QED) is 0.236. The Hall–Kier alpha value is -4.08. The van der Waals surface area contributed by atoms with Gasteiger partial charge in [0.2, 0.25) is 12.6 Å². The summed E-state index contributed by atoms with van der Waals surface area (Å²) < 4.78 is 20.1. The molecule has 0 radical (unpaired) electrons. The minimum atomic E-state index is -1.49. The fourth-order valence-electron chi connectivity index (χ4n) is 2.10. The number of ether oxygens (including phenoxy) is 4. The van der Waals surface area contributed by atoms with Gasteiger partial charge in [-0.25, -0.2) is 0 Å². The largest absolute Gasteiger partial charge is 0.448 e. The second kappa shape index (κ2) is 11.1. The van der Waals surface area contributed by atoms with E-state index in [0.29, 0.717) is 11.4 Å². The zero-order valence-corrected chi connectivity index (χ0v) is 15.8. The molecule has 0 amide bonds. The summed E-state index contributed by atoms with van der Waals surface area (Å²) in [7, 11) is 0. The molecule has 0 aliphatic rings. The number of aldehydes is 2. The fourth-order valence-corrected chi connectivity index (χ4v) is 2.10. The molecule has 0 saturated heterocycles. The van der Waals surface area contributed by atoms with Crippen LogP contribution in [0.2, 0.25) is 0 Å². The van der Waals surface area contributed by atoms with Gasteiger partial charge in [-0.1, -0.05) is 0 Å². The van der Waals surface area contributed by atoms with Crippen LogP contribution < -0.4 is 20.9 Å². The zero-order chi connectivity index (χ0) is 21.9. The van der Waals surface area contributed by atoms with Crippen LogP contribution in [0.1, 0.15) is 12.8 Å². The molecule has 0 aliphatic heterocycles. The van der Waals surface area contributed by atoms with E-state index in [9.17, 15) is 19.2 Å². The van der Waals surface area contributed by atoms with Crippen molar-refractivity contribution in [3.05, 3.63) is 48.5 Å². The number of nitrogens with two attached hydrogens (primary N) is 2. The summed E-state index contributed by atoms with van der Waals surface area (Å²) in [5.74, 6) is -1.22. The highest BCUT2D eigenvalue weighted by Gasteiger charge is 2.19. The number of hydrogen-bond donors (Lipinski definition) is 2. The lowest BCUT2D eigenvalue weighted by atomic mass is 10.3. The molecular weight excluding hydrogens is 396 g/mol. The summed E-state index contributed by atoms with van der Waals surface area (Å²) >= 11 is 0. The molecule has 158 valence electrons. The molecule has 2 unspecified atom stereocenters. The van der Waals surface area contributed by atoms with E-state index < -0.39 is 37.4 Å². The summed E-state index contributed by atoms with van der Waals surface area (Å²) in [6.07, 6.45) is -3.21. The standard InChI is InChI=1S/C20H20N2O8/c21-13-1-5-15(6-2-13)27-19(11-23)29-17(25)9-10-18(26)30-20(12-24)28-16-7-3-14(22)4-8-16/h1-8,11-12,19-20H,9-10,21-22H2. The Morgan fingerprint density at radius 2 is 1.03 bits per heavy atom. The van der Waals surface area contributed by atoms with Crippen molar-refractivity contribution in [3.8, 4) is 11.5 Å². The summed E-state index contributed by atoms with van der Waals surface area (Å²) in [6.45, 7) is 0. The number of anilines is 2. The van der Waals surface area contributed by atoms with Crippen molar-refractivity contribution >= 4 is 35.9 Å². The van der Waals surface area contributed by atoms with Crippen LogP contribution in [0.4, 0.5) is 11.4 Å². The molecule has 10 heteroatoms. The Morgan fingerprint density at radius 1 is 0.700 bits per heavy atom. The maximum Gasteiger partial charge on any atom is 0.309 e. The van der Waals surface area contributed by atoms with Crippen molar-refractivity contribution in [1.29, 1.82) is 0 Å². The van der Waals surface area contributed by atoms with E-state index >= 15 is 0 Å². The van der Waals surface area contributed by atoms with E-state index in [4.69, 9.17) is 30.4 Å². The molecule has 30 heavy (non-hydrogen) atoms. The summed E-state index contributed by atoms with van der Waals surface area (Å²) in [4.78, 5) is 45.8. The predicted octanol–water partition coefficient (Wildman–Crippen LogP) is 1.23. The Labute approximate surface area is 171 Å². The number of benzene rings is 2. The molecule has 0 heterocycles. The van der Waals surface area contributed by atoms with Crippen molar-refractivity contribution in [2.24, 2.45) is 0 Å². The Balaban J connectivity index is 1.77. The molecule has 0 aliphatic carbocycles. The lowest BCUT2D eigenvalue weighted by Crippen LogP contribution is -2.28. The first-order chi connectivity index (χ1) is 14.4. The van der Waals surface area contributed by atoms with Gasteiger partial charge >= 0.3 is 11.9 Å². The molecule has 0 bridgehead atoms. The van der Waals surface area contributed by atoms with E-state index in [2.05, 4.69) is 0 Å². The zero-order valence-electron chi connectivity index (χ0n) is 15.8. The topological polar surface area (TPSA) is 157 Å².